The molecule has 1 aromatic heterocycles. The molecule has 3 N–H and O–H groups in total. The molecule has 2 rings (SSSR count). The smallest absolute Gasteiger partial charge is 0.147 e. The first-order chi connectivity index (χ1) is 5.27. The number of hydrogen-bond donors (Lipinski definition) is 2. The van der Waals surface area contributed by atoms with E-state index in [2.05, 4.69) is 4.98 Å². The number of nitrogen functional groups attached to an aromatic ring is 1. The molecule has 12 heavy (non-hydrogen) atoms. The van der Waals surface area contributed by atoms with Crippen molar-refractivity contribution in [3.8, 4) is 0 Å². The Kier molecular flexibility index (Phi) is 2.24. The van der Waals surface area contributed by atoms with Gasteiger partial charge in [-0.05, 0) is 12.1 Å². The minimum atomic E-state index is -0.265. The average molecular weight is 187 g/mol. The Labute approximate surface area is 75.0 Å². The van der Waals surface area contributed by atoms with Gasteiger partial charge in [0.05, 0.1) is 5.52 Å². The van der Waals surface area contributed by atoms with Crippen LogP contribution in [-0.4, -0.2) is 4.98 Å². The molecule has 0 amide bonds. The van der Waals surface area contributed by atoms with Gasteiger partial charge >= 0.3 is 0 Å². The highest BCUT2D eigenvalue weighted by atomic mass is 35.5. The van der Waals surface area contributed by atoms with Crippen molar-refractivity contribution in [3.05, 3.63) is 30.1 Å². The fourth-order valence-electron chi connectivity index (χ4n) is 1.14. The molecule has 0 bridgehead atoms. The molecule has 4 heteroatoms. The molecule has 0 aliphatic rings. The van der Waals surface area contributed by atoms with E-state index >= 15 is 0 Å². The van der Waals surface area contributed by atoms with Gasteiger partial charge < -0.3 is 10.7 Å². The molecule has 0 saturated heterocycles. The zero-order chi connectivity index (χ0) is 7.84. The molecule has 1 heterocycles. The molecule has 0 fully saturated rings. The molecule has 0 unspecified atom stereocenters. The SMILES string of the molecule is Cl.Nc1cc2cccc(F)c2[nH]1. The summed E-state index contributed by atoms with van der Waals surface area (Å²) in [6, 6.07) is 6.58. The fraction of sp³-hybridized carbons (Fsp3) is 0. The number of aromatic nitrogens is 1. The second-order valence-corrected chi connectivity index (χ2v) is 2.43. The van der Waals surface area contributed by atoms with Crippen molar-refractivity contribution in [1.29, 1.82) is 0 Å². The van der Waals surface area contributed by atoms with E-state index in [0.717, 1.165) is 5.39 Å². The molecule has 0 aliphatic heterocycles. The second-order valence-electron chi connectivity index (χ2n) is 2.43. The van der Waals surface area contributed by atoms with Gasteiger partial charge in [-0.2, -0.15) is 0 Å². The van der Waals surface area contributed by atoms with Crippen molar-refractivity contribution in [2.24, 2.45) is 0 Å². The number of anilines is 1. The van der Waals surface area contributed by atoms with E-state index < -0.39 is 0 Å². The molecule has 1 aromatic carbocycles. The van der Waals surface area contributed by atoms with Crippen LogP contribution in [0.25, 0.3) is 10.9 Å². The van der Waals surface area contributed by atoms with Gasteiger partial charge in [-0.1, -0.05) is 12.1 Å². The highest BCUT2D eigenvalue weighted by molar-refractivity contribution is 5.85. The molecule has 2 nitrogen and oxygen atoms in total. The number of hydrogen-bond acceptors (Lipinski definition) is 1. The summed E-state index contributed by atoms with van der Waals surface area (Å²) in [7, 11) is 0. The van der Waals surface area contributed by atoms with Crippen LogP contribution in [0.3, 0.4) is 0 Å². The highest BCUT2D eigenvalue weighted by Crippen LogP contribution is 2.18. The van der Waals surface area contributed by atoms with Crippen LogP contribution in [0.5, 0.6) is 0 Å². The summed E-state index contributed by atoms with van der Waals surface area (Å²) in [5.74, 6) is 0.226. The summed E-state index contributed by atoms with van der Waals surface area (Å²) in [4.78, 5) is 2.73. The minimum Gasteiger partial charge on any atom is -0.385 e. The first-order valence-corrected chi connectivity index (χ1v) is 3.30. The minimum absolute atomic E-state index is 0. The topological polar surface area (TPSA) is 41.8 Å². The molecule has 0 aliphatic carbocycles. The van der Waals surface area contributed by atoms with E-state index in [1.165, 1.54) is 6.07 Å². The fourth-order valence-corrected chi connectivity index (χ4v) is 1.14. The number of benzene rings is 1. The number of nitrogens with one attached hydrogen (secondary N) is 1. The molecule has 0 radical (unpaired) electrons. The Bertz CT molecular complexity index is 397. The number of H-pyrrole nitrogens is 1. The predicted octanol–water partition coefficient (Wildman–Crippen LogP) is 2.31. The van der Waals surface area contributed by atoms with Crippen molar-refractivity contribution in [3.63, 3.8) is 0 Å². The molecule has 2 aromatic rings. The van der Waals surface area contributed by atoms with Crippen LogP contribution in [0.4, 0.5) is 10.2 Å². The number of para-hydroxylation sites is 1. The predicted molar refractivity (Wildman–Crippen MR) is 49.9 cm³/mol. The summed E-state index contributed by atoms with van der Waals surface area (Å²) in [6.07, 6.45) is 0. The summed E-state index contributed by atoms with van der Waals surface area (Å²) in [5, 5.41) is 0.808. The van der Waals surface area contributed by atoms with Crippen molar-refractivity contribution in [2.45, 2.75) is 0 Å². The van der Waals surface area contributed by atoms with Crippen LogP contribution in [0, 0.1) is 5.82 Å². The Balaban J connectivity index is 0.000000720. The van der Waals surface area contributed by atoms with Crippen molar-refractivity contribution >= 4 is 29.1 Å². The summed E-state index contributed by atoms with van der Waals surface area (Å²) >= 11 is 0. The third-order valence-electron chi connectivity index (χ3n) is 1.63. The van der Waals surface area contributed by atoms with Crippen LogP contribution in [0.1, 0.15) is 0 Å². The van der Waals surface area contributed by atoms with Crippen molar-refractivity contribution < 1.29 is 4.39 Å². The molecular weight excluding hydrogens is 179 g/mol. The number of rotatable bonds is 0. The first kappa shape index (κ1) is 8.87. The van der Waals surface area contributed by atoms with E-state index in [0.29, 0.717) is 11.3 Å². The molecular formula is C8H8ClFN2. The number of halogens is 2. The number of fused-ring (bicyclic) bond motifs is 1. The zero-order valence-electron chi connectivity index (χ0n) is 6.17. The maximum atomic E-state index is 12.9. The summed E-state index contributed by atoms with van der Waals surface area (Å²) in [6.45, 7) is 0. The van der Waals surface area contributed by atoms with Crippen molar-refractivity contribution in [1.82, 2.24) is 4.98 Å². The van der Waals surface area contributed by atoms with Gasteiger partial charge in [-0.25, -0.2) is 4.39 Å². The number of nitrogens with two attached hydrogens (primary N) is 1. The Hall–Kier alpha value is -1.22. The van der Waals surface area contributed by atoms with Crippen LogP contribution in [-0.2, 0) is 0 Å². The van der Waals surface area contributed by atoms with E-state index in [4.69, 9.17) is 5.73 Å². The van der Waals surface area contributed by atoms with E-state index in [1.54, 1.807) is 12.1 Å². The van der Waals surface area contributed by atoms with Crippen LogP contribution < -0.4 is 5.73 Å². The molecule has 0 atom stereocenters. The lowest BCUT2D eigenvalue weighted by Gasteiger charge is -1.88. The standard InChI is InChI=1S/C8H7FN2.ClH/c9-6-3-1-2-5-4-7(10)11-8(5)6;/h1-4,11H,10H2;1H. The maximum absolute atomic E-state index is 12.9. The normalized spacial score (nSPS) is 9.75. The first-order valence-electron chi connectivity index (χ1n) is 3.30. The van der Waals surface area contributed by atoms with Crippen molar-refractivity contribution in [2.75, 3.05) is 5.73 Å². The molecule has 0 saturated carbocycles. The van der Waals surface area contributed by atoms with Gasteiger partial charge in [0, 0.05) is 5.39 Å². The monoisotopic (exact) mass is 186 g/mol. The lowest BCUT2D eigenvalue weighted by molar-refractivity contribution is 0.637. The van der Waals surface area contributed by atoms with Gasteiger partial charge in [-0.3, -0.25) is 0 Å². The lowest BCUT2D eigenvalue weighted by atomic mass is 10.2. The second kappa shape index (κ2) is 3.03. The third-order valence-corrected chi connectivity index (χ3v) is 1.63. The van der Waals surface area contributed by atoms with Crippen LogP contribution >= 0.6 is 12.4 Å². The third kappa shape index (κ3) is 1.23. The van der Waals surface area contributed by atoms with Gasteiger partial charge in [0.2, 0.25) is 0 Å². The van der Waals surface area contributed by atoms with E-state index in [1.807, 2.05) is 6.07 Å². The highest BCUT2D eigenvalue weighted by Gasteiger charge is 2.01. The maximum Gasteiger partial charge on any atom is 0.147 e. The Morgan fingerprint density at radius 2 is 2.08 bits per heavy atom. The van der Waals surface area contributed by atoms with E-state index in [-0.39, 0.29) is 18.2 Å². The molecule has 0 spiro atoms. The van der Waals surface area contributed by atoms with Gasteiger partial charge in [0.1, 0.15) is 11.6 Å². The van der Waals surface area contributed by atoms with Gasteiger partial charge in [0.25, 0.3) is 0 Å². The van der Waals surface area contributed by atoms with Gasteiger partial charge in [-0.15, -0.1) is 12.4 Å². The van der Waals surface area contributed by atoms with Gasteiger partial charge in [0.15, 0.2) is 0 Å². The zero-order valence-corrected chi connectivity index (χ0v) is 6.99. The number of aromatic amines is 1. The van der Waals surface area contributed by atoms with Crippen LogP contribution in [0.2, 0.25) is 0 Å². The summed E-state index contributed by atoms with van der Waals surface area (Å²) < 4.78 is 12.9. The van der Waals surface area contributed by atoms with E-state index in [9.17, 15) is 4.39 Å². The molecule has 64 valence electrons. The summed E-state index contributed by atoms with van der Waals surface area (Å²) in [5.41, 5.74) is 5.91. The Morgan fingerprint density at radius 1 is 1.33 bits per heavy atom. The largest absolute Gasteiger partial charge is 0.385 e. The quantitative estimate of drug-likeness (QED) is 0.652. The lowest BCUT2D eigenvalue weighted by Crippen LogP contribution is -1.81. The average Bonchev–Trinajstić information content (AvgIpc) is 2.31. The van der Waals surface area contributed by atoms with Crippen LogP contribution in [0.15, 0.2) is 24.3 Å². The Morgan fingerprint density at radius 3 is 2.75 bits per heavy atom.